The van der Waals surface area contributed by atoms with Crippen LogP contribution in [0.15, 0.2) is 23.3 Å². The van der Waals surface area contributed by atoms with Crippen molar-refractivity contribution in [2.24, 2.45) is 5.10 Å². The van der Waals surface area contributed by atoms with Crippen molar-refractivity contribution in [3.63, 3.8) is 0 Å². The highest BCUT2D eigenvalue weighted by Gasteiger charge is 2.19. The second-order valence-corrected chi connectivity index (χ2v) is 3.70. The van der Waals surface area contributed by atoms with Gasteiger partial charge in [-0.1, -0.05) is 0 Å². The zero-order valence-electron chi connectivity index (χ0n) is 10.8. The quantitative estimate of drug-likeness (QED) is 0.360. The van der Waals surface area contributed by atoms with Crippen LogP contribution in [0.25, 0.3) is 0 Å². The Kier molecular flexibility index (Phi) is 5.45. The number of hydrazone groups is 1. The molecule has 3 N–H and O–H groups in total. The lowest BCUT2D eigenvalue weighted by atomic mass is 10.2. The van der Waals surface area contributed by atoms with E-state index in [4.69, 9.17) is 5.11 Å². The van der Waals surface area contributed by atoms with Gasteiger partial charge in [-0.05, 0) is 6.07 Å². The summed E-state index contributed by atoms with van der Waals surface area (Å²) in [5, 5.41) is 35.1. The van der Waals surface area contributed by atoms with Crippen molar-refractivity contribution >= 4 is 35.2 Å². The van der Waals surface area contributed by atoms with Gasteiger partial charge >= 0.3 is 11.7 Å². The summed E-state index contributed by atoms with van der Waals surface area (Å²) in [6, 6.07) is 2.82. The number of amides is 1. The van der Waals surface area contributed by atoms with Crippen LogP contribution in [-0.2, 0) is 9.59 Å². The Morgan fingerprint density at radius 3 is 2.50 bits per heavy atom. The van der Waals surface area contributed by atoms with E-state index in [0.717, 1.165) is 18.2 Å². The number of non-ortho nitro benzene ring substituents is 1. The number of carboxylic acids is 1. The van der Waals surface area contributed by atoms with Gasteiger partial charge in [0, 0.05) is 6.07 Å². The van der Waals surface area contributed by atoms with Crippen molar-refractivity contribution in [1.29, 1.82) is 0 Å². The van der Waals surface area contributed by atoms with Crippen molar-refractivity contribution in [2.75, 3.05) is 12.0 Å². The van der Waals surface area contributed by atoms with Gasteiger partial charge in [-0.3, -0.25) is 35.2 Å². The molecule has 1 aromatic carbocycles. The summed E-state index contributed by atoms with van der Waals surface area (Å²) in [5.74, 6) is -2.08. The lowest BCUT2D eigenvalue weighted by Gasteiger charge is -2.01. The van der Waals surface area contributed by atoms with Gasteiger partial charge in [-0.15, -0.1) is 0 Å². The zero-order valence-corrected chi connectivity index (χ0v) is 10.8. The number of nitrogens with zero attached hydrogens (tertiary/aromatic N) is 3. The summed E-state index contributed by atoms with van der Waals surface area (Å²) in [5.41, 5.74) is 0.936. The molecule has 0 unspecified atom stereocenters. The van der Waals surface area contributed by atoms with Gasteiger partial charge in [0.05, 0.1) is 15.9 Å². The van der Waals surface area contributed by atoms with Crippen molar-refractivity contribution < 1.29 is 24.5 Å². The molecule has 1 amide bonds. The molecule has 0 saturated heterocycles. The molecule has 0 radical (unpaired) electrons. The molecule has 0 atom stereocenters. The first-order chi connectivity index (χ1) is 10.3. The first-order valence-electron chi connectivity index (χ1n) is 5.52. The van der Waals surface area contributed by atoms with Crippen LogP contribution in [0.4, 0.5) is 17.1 Å². The van der Waals surface area contributed by atoms with Gasteiger partial charge in [0.25, 0.3) is 11.6 Å². The first-order valence-corrected chi connectivity index (χ1v) is 5.52. The number of carboxylic acid groups (broad SMARTS) is 1. The third-order valence-electron chi connectivity index (χ3n) is 2.17. The minimum atomic E-state index is -1.25. The number of hydrogen-bond acceptors (Lipinski definition) is 8. The molecule has 12 nitrogen and oxygen atoms in total. The molecule has 0 aliphatic carbocycles. The molecule has 1 rings (SSSR count). The maximum atomic E-state index is 11.1. The number of nitrogens with one attached hydrogen (secondary N) is 2. The van der Waals surface area contributed by atoms with Crippen LogP contribution in [0.3, 0.4) is 0 Å². The van der Waals surface area contributed by atoms with Crippen molar-refractivity contribution in [2.45, 2.75) is 0 Å². The number of nitro groups is 2. The van der Waals surface area contributed by atoms with Crippen LogP contribution in [-0.4, -0.2) is 39.6 Å². The second kappa shape index (κ2) is 7.28. The van der Waals surface area contributed by atoms with Crippen molar-refractivity contribution in [3.05, 3.63) is 38.4 Å². The fourth-order valence-electron chi connectivity index (χ4n) is 1.25. The lowest BCUT2D eigenvalue weighted by molar-refractivity contribution is -0.393. The average Bonchev–Trinajstić information content (AvgIpc) is 2.44. The first kappa shape index (κ1) is 16.5. The number of nitro benzene ring substituents is 2. The van der Waals surface area contributed by atoms with E-state index in [-0.39, 0.29) is 5.69 Å². The summed E-state index contributed by atoms with van der Waals surface area (Å²) >= 11 is 0. The fraction of sp³-hybridized carbons (Fsp3) is 0.100. The molecule has 22 heavy (non-hydrogen) atoms. The van der Waals surface area contributed by atoms with Crippen LogP contribution < -0.4 is 10.7 Å². The van der Waals surface area contributed by atoms with Gasteiger partial charge < -0.3 is 10.4 Å². The molecule has 0 saturated carbocycles. The summed E-state index contributed by atoms with van der Waals surface area (Å²) in [4.78, 5) is 41.0. The maximum absolute atomic E-state index is 11.1. The Hall–Kier alpha value is -3.57. The Morgan fingerprint density at radius 2 is 1.95 bits per heavy atom. The summed E-state index contributed by atoms with van der Waals surface area (Å²) in [6.45, 7) is -0.609. The number of carbonyl (C=O) groups excluding carboxylic acids is 1. The predicted molar refractivity (Wildman–Crippen MR) is 72.5 cm³/mol. The smallest absolute Gasteiger partial charge is 0.322 e. The molecular weight excluding hydrogens is 302 g/mol. The van der Waals surface area contributed by atoms with Gasteiger partial charge in [0.2, 0.25) is 0 Å². The largest absolute Gasteiger partial charge is 0.480 e. The van der Waals surface area contributed by atoms with E-state index in [0.29, 0.717) is 6.21 Å². The minimum absolute atomic E-state index is 0.169. The second-order valence-electron chi connectivity index (χ2n) is 3.70. The number of rotatable bonds is 7. The summed E-state index contributed by atoms with van der Waals surface area (Å²) in [7, 11) is 0. The third kappa shape index (κ3) is 4.84. The summed E-state index contributed by atoms with van der Waals surface area (Å²) in [6.07, 6.45) is 0.675. The molecular formula is C10H9N5O7. The van der Waals surface area contributed by atoms with Crippen molar-refractivity contribution in [1.82, 2.24) is 5.32 Å². The highest BCUT2D eigenvalue weighted by molar-refractivity contribution is 6.26. The zero-order chi connectivity index (χ0) is 16.7. The number of carbonyl (C=O) groups is 2. The number of hydrogen-bond donors (Lipinski definition) is 3. The van der Waals surface area contributed by atoms with Gasteiger partial charge in [-0.25, -0.2) is 0 Å². The molecule has 0 fully saturated rings. The van der Waals surface area contributed by atoms with E-state index >= 15 is 0 Å². The standard InChI is InChI=1S/C10H9N5O7/c16-9(11-5-10(17)18)4-12-13-7-2-1-6(14(19)20)3-8(7)15(21)22/h1-4,13H,5H2,(H,11,16)(H,17,18)/b12-4+. The molecule has 1 aromatic rings. The predicted octanol–water partition coefficient (Wildman–Crippen LogP) is 0.101. The monoisotopic (exact) mass is 311 g/mol. The third-order valence-corrected chi connectivity index (χ3v) is 2.17. The highest BCUT2D eigenvalue weighted by atomic mass is 16.6. The van der Waals surface area contributed by atoms with E-state index in [9.17, 15) is 29.8 Å². The van der Waals surface area contributed by atoms with Crippen LogP contribution in [0.2, 0.25) is 0 Å². The Bertz CT molecular complexity index is 657. The lowest BCUT2D eigenvalue weighted by Crippen LogP contribution is -2.30. The Morgan fingerprint density at radius 1 is 1.27 bits per heavy atom. The molecule has 0 spiro atoms. The van der Waals surface area contributed by atoms with Crippen LogP contribution in [0.1, 0.15) is 0 Å². The Labute approximate surface area is 121 Å². The maximum Gasteiger partial charge on any atom is 0.322 e. The molecule has 116 valence electrons. The molecule has 12 heteroatoms. The molecule has 0 aliphatic heterocycles. The van der Waals surface area contributed by atoms with Gasteiger partial charge in [-0.2, -0.15) is 5.10 Å². The number of anilines is 1. The number of aliphatic carboxylic acids is 1. The van der Waals surface area contributed by atoms with Crippen LogP contribution >= 0.6 is 0 Å². The van der Waals surface area contributed by atoms with Crippen molar-refractivity contribution in [3.8, 4) is 0 Å². The fourth-order valence-corrected chi connectivity index (χ4v) is 1.25. The normalized spacial score (nSPS) is 10.2. The SMILES string of the molecule is O=C(O)CNC(=O)/C=N/Nc1ccc([N+](=O)[O-])cc1[N+](=O)[O-]. The van der Waals surface area contributed by atoms with E-state index < -0.39 is 39.6 Å². The Balaban J connectivity index is 2.81. The van der Waals surface area contributed by atoms with Crippen LogP contribution in [0.5, 0.6) is 0 Å². The summed E-state index contributed by atoms with van der Waals surface area (Å²) < 4.78 is 0. The number of benzene rings is 1. The highest BCUT2D eigenvalue weighted by Crippen LogP contribution is 2.28. The molecule has 0 bridgehead atoms. The molecule has 0 aliphatic rings. The topological polar surface area (TPSA) is 177 Å². The van der Waals surface area contributed by atoms with Crippen LogP contribution in [0, 0.1) is 20.2 Å². The van der Waals surface area contributed by atoms with E-state index in [1.54, 1.807) is 0 Å². The van der Waals surface area contributed by atoms with E-state index in [2.05, 4.69) is 10.5 Å². The minimum Gasteiger partial charge on any atom is -0.480 e. The van der Waals surface area contributed by atoms with Gasteiger partial charge in [0.15, 0.2) is 0 Å². The molecule has 0 aromatic heterocycles. The molecule has 0 heterocycles. The van der Waals surface area contributed by atoms with Gasteiger partial charge in [0.1, 0.15) is 18.4 Å². The average molecular weight is 311 g/mol. The van der Waals surface area contributed by atoms with E-state index in [1.165, 1.54) is 0 Å². The van der Waals surface area contributed by atoms with E-state index in [1.807, 2.05) is 5.32 Å².